The summed E-state index contributed by atoms with van der Waals surface area (Å²) in [5, 5.41) is 2.86. The Hall–Kier alpha value is -1.20. The van der Waals surface area contributed by atoms with E-state index in [0.717, 1.165) is 10.0 Å². The Balaban J connectivity index is 2.13. The van der Waals surface area contributed by atoms with Gasteiger partial charge < -0.3 is 0 Å². The van der Waals surface area contributed by atoms with Crippen LogP contribution in [-0.2, 0) is 16.1 Å². The van der Waals surface area contributed by atoms with Crippen LogP contribution >= 0.6 is 15.9 Å². The lowest BCUT2D eigenvalue weighted by Gasteiger charge is -2.29. The molecule has 0 spiro atoms. The smallest absolute Gasteiger partial charge is 0.246 e. The van der Waals surface area contributed by atoms with Gasteiger partial charge in [0.15, 0.2) is 0 Å². The zero-order valence-electron chi connectivity index (χ0n) is 9.44. The zero-order chi connectivity index (χ0) is 12.4. The predicted octanol–water partition coefficient (Wildman–Crippen LogP) is 1.30. The Bertz CT molecular complexity index is 444. The summed E-state index contributed by atoms with van der Waals surface area (Å²) >= 11 is 3.35. The highest BCUT2D eigenvalue weighted by molar-refractivity contribution is 9.10. The number of hydrogen-bond acceptors (Lipinski definition) is 3. The number of rotatable bonds is 2. The number of imide groups is 1. The van der Waals surface area contributed by atoms with E-state index in [1.54, 1.807) is 6.92 Å². The number of nitrogens with zero attached hydrogens (tertiary/aromatic N) is 1. The van der Waals surface area contributed by atoms with Crippen molar-refractivity contribution >= 4 is 27.7 Å². The molecule has 90 valence electrons. The van der Waals surface area contributed by atoms with Gasteiger partial charge in [-0.15, -0.1) is 0 Å². The Morgan fingerprint density at radius 1 is 1.35 bits per heavy atom. The van der Waals surface area contributed by atoms with Crippen LogP contribution in [0.15, 0.2) is 28.7 Å². The van der Waals surface area contributed by atoms with Crippen molar-refractivity contribution in [2.24, 2.45) is 0 Å². The van der Waals surface area contributed by atoms with E-state index in [1.807, 2.05) is 24.3 Å². The van der Waals surface area contributed by atoms with Crippen molar-refractivity contribution in [1.29, 1.82) is 0 Å². The molecule has 1 N–H and O–H groups in total. The molecule has 1 aliphatic rings. The maximum absolute atomic E-state index is 11.8. The second kappa shape index (κ2) is 4.98. The van der Waals surface area contributed by atoms with Crippen molar-refractivity contribution in [3.05, 3.63) is 34.3 Å². The first-order valence-corrected chi connectivity index (χ1v) is 6.19. The lowest BCUT2D eigenvalue weighted by atomic mass is 10.1. The molecule has 1 aliphatic heterocycles. The van der Waals surface area contributed by atoms with Crippen molar-refractivity contribution in [3.8, 4) is 0 Å². The zero-order valence-corrected chi connectivity index (χ0v) is 11.0. The van der Waals surface area contributed by atoms with Gasteiger partial charge in [-0.05, 0) is 24.6 Å². The van der Waals surface area contributed by atoms with Crippen LogP contribution in [0.5, 0.6) is 0 Å². The lowest BCUT2D eigenvalue weighted by Crippen LogP contribution is -2.56. The van der Waals surface area contributed by atoms with Crippen molar-refractivity contribution in [1.82, 2.24) is 10.2 Å². The van der Waals surface area contributed by atoms with Crippen LogP contribution in [0.2, 0.25) is 0 Å². The van der Waals surface area contributed by atoms with Crippen molar-refractivity contribution in [2.45, 2.75) is 19.5 Å². The number of benzene rings is 1. The molecule has 1 aromatic rings. The summed E-state index contributed by atoms with van der Waals surface area (Å²) in [6, 6.07) is 7.31. The molecular formula is C12H13BrN2O2. The third-order valence-corrected chi connectivity index (χ3v) is 3.28. The third kappa shape index (κ3) is 2.73. The summed E-state index contributed by atoms with van der Waals surface area (Å²) in [6.45, 7) is 2.34. The molecule has 0 aromatic heterocycles. The first-order chi connectivity index (χ1) is 8.08. The van der Waals surface area contributed by atoms with Gasteiger partial charge in [0.25, 0.3) is 0 Å². The van der Waals surface area contributed by atoms with Gasteiger partial charge in [-0.1, -0.05) is 28.1 Å². The number of piperazine rings is 1. The third-order valence-electron chi connectivity index (χ3n) is 2.75. The van der Waals surface area contributed by atoms with Crippen LogP contribution in [0, 0.1) is 0 Å². The van der Waals surface area contributed by atoms with Gasteiger partial charge in [-0.25, -0.2) is 0 Å². The SMILES string of the molecule is CC1NCC(=O)N(Cc2ccc(Br)cc2)C1=O. The van der Waals surface area contributed by atoms with E-state index in [2.05, 4.69) is 21.2 Å². The Morgan fingerprint density at radius 2 is 2.00 bits per heavy atom. The van der Waals surface area contributed by atoms with E-state index in [1.165, 1.54) is 4.90 Å². The quantitative estimate of drug-likeness (QED) is 0.837. The molecule has 1 fully saturated rings. The molecule has 1 saturated heterocycles. The van der Waals surface area contributed by atoms with Crippen LogP contribution < -0.4 is 5.32 Å². The Labute approximate surface area is 108 Å². The minimum Gasteiger partial charge on any atom is -0.298 e. The minimum atomic E-state index is -0.289. The standard InChI is InChI=1S/C12H13BrN2O2/c1-8-12(17)15(11(16)6-14-8)7-9-2-4-10(13)5-3-9/h2-5,8,14H,6-7H2,1H3. The van der Waals surface area contributed by atoms with Gasteiger partial charge in [-0.2, -0.15) is 0 Å². The van der Waals surface area contributed by atoms with Gasteiger partial charge in [0.2, 0.25) is 11.8 Å². The second-order valence-electron chi connectivity index (χ2n) is 4.05. The molecule has 2 amide bonds. The summed E-state index contributed by atoms with van der Waals surface area (Å²) in [6.07, 6.45) is 0. The maximum atomic E-state index is 11.8. The van der Waals surface area contributed by atoms with Gasteiger partial charge in [-0.3, -0.25) is 19.8 Å². The highest BCUT2D eigenvalue weighted by Crippen LogP contribution is 2.14. The Kier molecular flexibility index (Phi) is 3.59. The van der Waals surface area contributed by atoms with Gasteiger partial charge in [0, 0.05) is 4.47 Å². The normalized spacial score (nSPS) is 20.8. The molecule has 2 rings (SSSR count). The summed E-state index contributed by atoms with van der Waals surface area (Å²) in [4.78, 5) is 24.8. The minimum absolute atomic E-state index is 0.163. The van der Waals surface area contributed by atoms with E-state index < -0.39 is 0 Å². The topological polar surface area (TPSA) is 49.4 Å². The van der Waals surface area contributed by atoms with E-state index in [0.29, 0.717) is 6.54 Å². The second-order valence-corrected chi connectivity index (χ2v) is 4.96. The number of hydrogen-bond donors (Lipinski definition) is 1. The summed E-state index contributed by atoms with van der Waals surface area (Å²) in [5.41, 5.74) is 0.948. The average molecular weight is 297 g/mol. The van der Waals surface area contributed by atoms with Gasteiger partial charge >= 0.3 is 0 Å². The van der Waals surface area contributed by atoms with Crippen molar-refractivity contribution < 1.29 is 9.59 Å². The van der Waals surface area contributed by atoms with Crippen LogP contribution in [0.4, 0.5) is 0 Å². The number of carbonyl (C=O) groups excluding carboxylic acids is 2. The maximum Gasteiger partial charge on any atom is 0.246 e. The fourth-order valence-electron chi connectivity index (χ4n) is 1.72. The molecule has 0 aliphatic carbocycles. The molecule has 4 nitrogen and oxygen atoms in total. The molecule has 0 saturated carbocycles. The van der Waals surface area contributed by atoms with Crippen LogP contribution in [-0.4, -0.2) is 29.3 Å². The molecule has 17 heavy (non-hydrogen) atoms. The first-order valence-electron chi connectivity index (χ1n) is 5.40. The fraction of sp³-hybridized carbons (Fsp3) is 0.333. The number of carbonyl (C=O) groups is 2. The molecule has 0 bridgehead atoms. The average Bonchev–Trinajstić information content (AvgIpc) is 2.32. The number of halogens is 1. The molecular weight excluding hydrogens is 284 g/mol. The van der Waals surface area contributed by atoms with Crippen LogP contribution in [0.25, 0.3) is 0 Å². The van der Waals surface area contributed by atoms with Gasteiger partial charge in [0.1, 0.15) is 0 Å². The highest BCUT2D eigenvalue weighted by atomic mass is 79.9. The molecule has 0 radical (unpaired) electrons. The van der Waals surface area contributed by atoms with E-state index >= 15 is 0 Å². The molecule has 1 unspecified atom stereocenters. The largest absolute Gasteiger partial charge is 0.298 e. The highest BCUT2D eigenvalue weighted by Gasteiger charge is 2.30. The first kappa shape index (κ1) is 12.3. The fourth-order valence-corrected chi connectivity index (χ4v) is 1.98. The van der Waals surface area contributed by atoms with Crippen LogP contribution in [0.3, 0.4) is 0 Å². The summed E-state index contributed by atoms with van der Waals surface area (Å²) in [5.74, 6) is -0.333. The van der Waals surface area contributed by atoms with E-state index in [9.17, 15) is 9.59 Å². The Morgan fingerprint density at radius 3 is 2.65 bits per heavy atom. The molecule has 1 heterocycles. The molecule has 5 heteroatoms. The lowest BCUT2D eigenvalue weighted by molar-refractivity contribution is -0.149. The molecule has 1 atom stereocenters. The molecule has 1 aromatic carbocycles. The predicted molar refractivity (Wildman–Crippen MR) is 67.2 cm³/mol. The van der Waals surface area contributed by atoms with Crippen molar-refractivity contribution in [2.75, 3.05) is 6.54 Å². The monoisotopic (exact) mass is 296 g/mol. The van der Waals surface area contributed by atoms with Gasteiger partial charge in [0.05, 0.1) is 19.1 Å². The summed E-state index contributed by atoms with van der Waals surface area (Å²) < 4.78 is 0.979. The summed E-state index contributed by atoms with van der Waals surface area (Å²) in [7, 11) is 0. The van der Waals surface area contributed by atoms with E-state index in [4.69, 9.17) is 0 Å². The van der Waals surface area contributed by atoms with Crippen molar-refractivity contribution in [3.63, 3.8) is 0 Å². The van der Waals surface area contributed by atoms with E-state index in [-0.39, 0.29) is 24.4 Å². The number of amides is 2. The van der Waals surface area contributed by atoms with Crippen LogP contribution in [0.1, 0.15) is 12.5 Å². The number of nitrogens with one attached hydrogen (secondary N) is 1.